The Morgan fingerprint density at radius 1 is 1.57 bits per heavy atom. The third-order valence-corrected chi connectivity index (χ3v) is 2.25. The van der Waals surface area contributed by atoms with Gasteiger partial charge >= 0.3 is 0 Å². The molecule has 0 unspecified atom stereocenters. The average molecular weight is 202 g/mol. The summed E-state index contributed by atoms with van der Waals surface area (Å²) >= 11 is 0. The summed E-state index contributed by atoms with van der Waals surface area (Å²) in [5.41, 5.74) is 0.330. The zero-order valence-electron chi connectivity index (χ0n) is 7.87. The molecule has 0 saturated heterocycles. The fourth-order valence-electron chi connectivity index (χ4n) is 1.44. The van der Waals surface area contributed by atoms with Crippen molar-refractivity contribution >= 4 is 0 Å². The van der Waals surface area contributed by atoms with Crippen molar-refractivity contribution in [3.05, 3.63) is 11.4 Å². The first-order valence-electron chi connectivity index (χ1n) is 4.60. The largest absolute Gasteiger partial charge is 0.314 e. The van der Waals surface area contributed by atoms with E-state index in [0.717, 1.165) is 12.8 Å². The SMILES string of the molecule is CNCc1nnn(C2CC2)c1C(F)F. The Balaban J connectivity index is 2.31. The van der Waals surface area contributed by atoms with Gasteiger partial charge < -0.3 is 5.32 Å². The van der Waals surface area contributed by atoms with Gasteiger partial charge in [-0.1, -0.05) is 5.21 Å². The minimum absolute atomic E-state index is 0.0261. The number of aromatic nitrogens is 3. The third kappa shape index (κ3) is 1.61. The van der Waals surface area contributed by atoms with Crippen LogP contribution in [0.1, 0.15) is 36.7 Å². The second kappa shape index (κ2) is 3.61. The fraction of sp³-hybridized carbons (Fsp3) is 0.750. The molecule has 0 aromatic carbocycles. The molecule has 2 rings (SSSR count). The molecule has 1 saturated carbocycles. The van der Waals surface area contributed by atoms with Gasteiger partial charge in [0, 0.05) is 6.54 Å². The molecule has 1 fully saturated rings. The van der Waals surface area contributed by atoms with Crippen LogP contribution >= 0.6 is 0 Å². The van der Waals surface area contributed by atoms with Crippen LogP contribution in [0.5, 0.6) is 0 Å². The molecular formula is C8H12F2N4. The van der Waals surface area contributed by atoms with Crippen molar-refractivity contribution in [2.45, 2.75) is 31.9 Å². The van der Waals surface area contributed by atoms with E-state index in [1.165, 1.54) is 4.68 Å². The third-order valence-electron chi connectivity index (χ3n) is 2.25. The van der Waals surface area contributed by atoms with E-state index in [2.05, 4.69) is 15.6 Å². The summed E-state index contributed by atoms with van der Waals surface area (Å²) in [6.45, 7) is 0.340. The lowest BCUT2D eigenvalue weighted by molar-refractivity contribution is 0.137. The van der Waals surface area contributed by atoms with Gasteiger partial charge in [-0.25, -0.2) is 13.5 Å². The fourth-order valence-corrected chi connectivity index (χ4v) is 1.44. The van der Waals surface area contributed by atoms with E-state index in [0.29, 0.717) is 12.2 Å². The lowest BCUT2D eigenvalue weighted by Crippen LogP contribution is -2.10. The van der Waals surface area contributed by atoms with Crippen molar-refractivity contribution < 1.29 is 8.78 Å². The zero-order valence-corrected chi connectivity index (χ0v) is 7.87. The van der Waals surface area contributed by atoms with Crippen molar-refractivity contribution in [2.24, 2.45) is 0 Å². The maximum absolute atomic E-state index is 12.7. The van der Waals surface area contributed by atoms with Crippen LogP contribution in [0.2, 0.25) is 0 Å². The minimum Gasteiger partial charge on any atom is -0.314 e. The van der Waals surface area contributed by atoms with Crippen LogP contribution in [0.3, 0.4) is 0 Å². The van der Waals surface area contributed by atoms with E-state index in [1.807, 2.05) is 0 Å². The second-order valence-corrected chi connectivity index (χ2v) is 3.43. The molecule has 1 N–H and O–H groups in total. The summed E-state index contributed by atoms with van der Waals surface area (Å²) in [6.07, 6.45) is -0.626. The van der Waals surface area contributed by atoms with Gasteiger partial charge in [0.1, 0.15) is 11.4 Å². The molecule has 0 spiro atoms. The maximum Gasteiger partial charge on any atom is 0.281 e. The highest BCUT2D eigenvalue weighted by Crippen LogP contribution is 2.37. The summed E-state index contributed by atoms with van der Waals surface area (Å²) < 4.78 is 26.8. The Kier molecular flexibility index (Phi) is 2.45. The highest BCUT2D eigenvalue weighted by atomic mass is 19.3. The van der Waals surface area contributed by atoms with Crippen LogP contribution in [0.15, 0.2) is 0 Å². The standard InChI is InChI=1S/C8H12F2N4/c1-11-4-6-7(8(9)10)14(13-12-6)5-2-3-5/h5,8,11H,2-4H2,1H3. The molecule has 0 amide bonds. The molecule has 0 bridgehead atoms. The summed E-state index contributed by atoms with van der Waals surface area (Å²) in [7, 11) is 1.70. The van der Waals surface area contributed by atoms with E-state index in [1.54, 1.807) is 7.05 Å². The number of rotatable bonds is 4. The average Bonchev–Trinajstić information content (AvgIpc) is 2.88. The molecule has 0 radical (unpaired) electrons. The van der Waals surface area contributed by atoms with Crippen LogP contribution in [0.25, 0.3) is 0 Å². The van der Waals surface area contributed by atoms with Gasteiger partial charge in [-0.3, -0.25) is 0 Å². The summed E-state index contributed by atoms with van der Waals surface area (Å²) in [4.78, 5) is 0. The normalized spacial score (nSPS) is 16.6. The van der Waals surface area contributed by atoms with Gasteiger partial charge in [0.25, 0.3) is 6.43 Å². The molecule has 0 aliphatic heterocycles. The van der Waals surface area contributed by atoms with Gasteiger partial charge in [-0.05, 0) is 19.9 Å². The second-order valence-electron chi connectivity index (χ2n) is 3.43. The Labute approximate surface area is 80.3 Å². The van der Waals surface area contributed by atoms with Crippen molar-refractivity contribution in [3.8, 4) is 0 Å². The van der Waals surface area contributed by atoms with Crippen molar-refractivity contribution in [2.75, 3.05) is 7.05 Å². The highest BCUT2D eigenvalue weighted by Gasteiger charge is 2.31. The number of hydrogen-bond donors (Lipinski definition) is 1. The lowest BCUT2D eigenvalue weighted by atomic mass is 10.3. The predicted octanol–water partition coefficient (Wildman–Crippen LogP) is 1.27. The topological polar surface area (TPSA) is 42.7 Å². The molecule has 1 aromatic rings. The van der Waals surface area contributed by atoms with Crippen molar-refractivity contribution in [1.82, 2.24) is 20.3 Å². The minimum atomic E-state index is -2.49. The summed E-state index contributed by atoms with van der Waals surface area (Å²) in [5.74, 6) is 0. The Morgan fingerprint density at radius 3 is 2.79 bits per heavy atom. The van der Waals surface area contributed by atoms with Gasteiger partial charge in [0.15, 0.2) is 0 Å². The first kappa shape index (κ1) is 9.51. The molecular weight excluding hydrogens is 190 g/mol. The van der Waals surface area contributed by atoms with Gasteiger partial charge in [0.2, 0.25) is 0 Å². The van der Waals surface area contributed by atoms with Crippen LogP contribution < -0.4 is 5.32 Å². The Hall–Kier alpha value is -1.04. The van der Waals surface area contributed by atoms with Crippen LogP contribution in [-0.2, 0) is 6.54 Å². The van der Waals surface area contributed by atoms with E-state index >= 15 is 0 Å². The molecule has 1 aliphatic carbocycles. The zero-order chi connectivity index (χ0) is 10.1. The molecule has 78 valence electrons. The van der Waals surface area contributed by atoms with E-state index < -0.39 is 6.43 Å². The van der Waals surface area contributed by atoms with E-state index in [-0.39, 0.29) is 11.7 Å². The van der Waals surface area contributed by atoms with Gasteiger partial charge in [0.05, 0.1) is 6.04 Å². The quantitative estimate of drug-likeness (QED) is 0.799. The first-order valence-corrected chi connectivity index (χ1v) is 4.60. The monoisotopic (exact) mass is 202 g/mol. The van der Waals surface area contributed by atoms with Gasteiger partial charge in [-0.15, -0.1) is 5.10 Å². The van der Waals surface area contributed by atoms with Crippen LogP contribution in [-0.4, -0.2) is 22.0 Å². The summed E-state index contributed by atoms with van der Waals surface area (Å²) in [6, 6.07) is 0.150. The first-order chi connectivity index (χ1) is 6.74. The molecule has 14 heavy (non-hydrogen) atoms. The summed E-state index contributed by atoms with van der Waals surface area (Å²) in [5, 5.41) is 10.3. The lowest BCUT2D eigenvalue weighted by Gasteiger charge is -2.04. The molecule has 1 aromatic heterocycles. The highest BCUT2D eigenvalue weighted by molar-refractivity contribution is 5.13. The number of halogens is 2. The molecule has 4 nitrogen and oxygen atoms in total. The molecule has 0 atom stereocenters. The molecule has 1 aliphatic rings. The number of nitrogens with zero attached hydrogens (tertiary/aromatic N) is 3. The maximum atomic E-state index is 12.7. The van der Waals surface area contributed by atoms with Crippen molar-refractivity contribution in [1.29, 1.82) is 0 Å². The smallest absolute Gasteiger partial charge is 0.281 e. The number of nitrogens with one attached hydrogen (secondary N) is 1. The Morgan fingerprint density at radius 2 is 2.29 bits per heavy atom. The van der Waals surface area contributed by atoms with Crippen molar-refractivity contribution in [3.63, 3.8) is 0 Å². The van der Waals surface area contributed by atoms with E-state index in [9.17, 15) is 8.78 Å². The molecule has 6 heteroatoms. The van der Waals surface area contributed by atoms with Gasteiger partial charge in [-0.2, -0.15) is 0 Å². The van der Waals surface area contributed by atoms with Crippen LogP contribution in [0.4, 0.5) is 8.78 Å². The van der Waals surface area contributed by atoms with Crippen LogP contribution in [0, 0.1) is 0 Å². The number of hydrogen-bond acceptors (Lipinski definition) is 3. The number of alkyl halides is 2. The Bertz CT molecular complexity index is 319. The molecule has 1 heterocycles. The predicted molar refractivity (Wildman–Crippen MR) is 46.0 cm³/mol. The van der Waals surface area contributed by atoms with E-state index in [4.69, 9.17) is 0 Å².